The summed E-state index contributed by atoms with van der Waals surface area (Å²) < 4.78 is 28.5. The minimum absolute atomic E-state index is 0.00831. The first-order valence-corrected chi connectivity index (χ1v) is 11.2. The van der Waals surface area contributed by atoms with E-state index in [2.05, 4.69) is 47.2 Å². The number of nitrogens with one attached hydrogen (secondary N) is 1. The molecule has 0 heterocycles. The van der Waals surface area contributed by atoms with E-state index in [1.807, 2.05) is 37.3 Å². The molecule has 0 radical (unpaired) electrons. The van der Waals surface area contributed by atoms with Gasteiger partial charge in [-0.25, -0.2) is 13.1 Å². The molecule has 0 bridgehead atoms. The van der Waals surface area contributed by atoms with Crippen molar-refractivity contribution in [3.05, 3.63) is 102 Å². The van der Waals surface area contributed by atoms with Crippen LogP contribution in [-0.2, 0) is 10.0 Å². The van der Waals surface area contributed by atoms with Crippen molar-refractivity contribution in [2.75, 3.05) is 6.54 Å². The molecule has 0 amide bonds. The summed E-state index contributed by atoms with van der Waals surface area (Å²) in [5.41, 5.74) is 5.80. The molecule has 1 atom stereocenters. The number of fused-ring (bicyclic) bond motifs is 5. The van der Waals surface area contributed by atoms with E-state index in [4.69, 9.17) is 0 Å². The molecule has 0 spiro atoms. The Morgan fingerprint density at radius 3 is 2.34 bits per heavy atom. The molecule has 0 aliphatic heterocycles. The SMILES string of the molecule is Cc1ccc(S(=O)(=O)NCC2c3ccccc3-c3c2ccc2ccccc32)cc1. The third-order valence-electron chi connectivity index (χ3n) is 5.75. The first kappa shape index (κ1) is 18.1. The van der Waals surface area contributed by atoms with Gasteiger partial charge in [-0.3, -0.25) is 0 Å². The highest BCUT2D eigenvalue weighted by atomic mass is 32.2. The molecular weight excluding hydrogens is 378 g/mol. The maximum Gasteiger partial charge on any atom is 0.240 e. The quantitative estimate of drug-likeness (QED) is 0.510. The Hall–Kier alpha value is -2.95. The van der Waals surface area contributed by atoms with Crippen molar-refractivity contribution in [3.8, 4) is 11.1 Å². The second-order valence-corrected chi connectivity index (χ2v) is 9.32. The van der Waals surface area contributed by atoms with Crippen LogP contribution in [0.2, 0.25) is 0 Å². The van der Waals surface area contributed by atoms with E-state index >= 15 is 0 Å². The third-order valence-corrected chi connectivity index (χ3v) is 7.19. The molecule has 0 aromatic heterocycles. The Balaban J connectivity index is 1.55. The second kappa shape index (κ2) is 6.83. The molecule has 1 unspecified atom stereocenters. The number of hydrogen-bond acceptors (Lipinski definition) is 2. The summed E-state index contributed by atoms with van der Waals surface area (Å²) in [4.78, 5) is 0.299. The van der Waals surface area contributed by atoms with Crippen molar-refractivity contribution in [2.24, 2.45) is 0 Å². The minimum Gasteiger partial charge on any atom is -0.210 e. The van der Waals surface area contributed by atoms with Crippen LogP contribution in [0.4, 0.5) is 0 Å². The van der Waals surface area contributed by atoms with Gasteiger partial charge in [0.2, 0.25) is 10.0 Å². The standard InChI is InChI=1S/C25H21NO2S/c1-17-10-13-19(14-11-17)29(27,28)26-16-24-21-8-4-5-9-22(21)25-20-7-3-2-6-18(20)12-15-23(24)25/h2-15,24,26H,16H2,1H3. The third kappa shape index (κ3) is 3.05. The van der Waals surface area contributed by atoms with Crippen molar-refractivity contribution in [3.63, 3.8) is 0 Å². The predicted octanol–water partition coefficient (Wildman–Crippen LogP) is 5.24. The Labute approximate surface area is 171 Å². The zero-order valence-electron chi connectivity index (χ0n) is 16.1. The lowest BCUT2D eigenvalue weighted by Gasteiger charge is -2.15. The molecule has 1 aliphatic carbocycles. The molecule has 29 heavy (non-hydrogen) atoms. The van der Waals surface area contributed by atoms with Gasteiger partial charge in [0.05, 0.1) is 4.90 Å². The van der Waals surface area contributed by atoms with E-state index in [1.54, 1.807) is 12.1 Å². The van der Waals surface area contributed by atoms with Crippen molar-refractivity contribution >= 4 is 20.8 Å². The van der Waals surface area contributed by atoms with Gasteiger partial charge in [-0.15, -0.1) is 0 Å². The van der Waals surface area contributed by atoms with Gasteiger partial charge in [0.25, 0.3) is 0 Å². The van der Waals surface area contributed by atoms with E-state index in [-0.39, 0.29) is 5.92 Å². The maximum absolute atomic E-state index is 12.8. The Kier molecular flexibility index (Phi) is 4.26. The Morgan fingerprint density at radius 2 is 1.52 bits per heavy atom. The number of hydrogen-bond donors (Lipinski definition) is 1. The predicted molar refractivity (Wildman–Crippen MR) is 118 cm³/mol. The molecule has 0 fully saturated rings. The molecule has 4 aromatic rings. The summed E-state index contributed by atoms with van der Waals surface area (Å²) in [6, 6.07) is 27.9. The largest absolute Gasteiger partial charge is 0.240 e. The average Bonchev–Trinajstić information content (AvgIpc) is 3.07. The zero-order chi connectivity index (χ0) is 20.0. The molecular formula is C25H21NO2S. The summed E-state index contributed by atoms with van der Waals surface area (Å²) in [5, 5.41) is 2.41. The van der Waals surface area contributed by atoms with Crippen LogP contribution in [0.1, 0.15) is 22.6 Å². The fourth-order valence-electron chi connectivity index (χ4n) is 4.29. The van der Waals surface area contributed by atoms with Crippen LogP contribution < -0.4 is 4.72 Å². The summed E-state index contributed by atoms with van der Waals surface area (Å²) in [7, 11) is -3.56. The highest BCUT2D eigenvalue weighted by molar-refractivity contribution is 7.89. The lowest BCUT2D eigenvalue weighted by atomic mass is 9.95. The highest BCUT2D eigenvalue weighted by Crippen LogP contribution is 2.47. The van der Waals surface area contributed by atoms with Crippen molar-refractivity contribution in [1.29, 1.82) is 0 Å². The number of benzene rings is 4. The average molecular weight is 400 g/mol. The van der Waals surface area contributed by atoms with E-state index in [0.29, 0.717) is 11.4 Å². The van der Waals surface area contributed by atoms with E-state index in [0.717, 1.165) is 5.56 Å². The topological polar surface area (TPSA) is 46.2 Å². The fraction of sp³-hybridized carbons (Fsp3) is 0.120. The highest BCUT2D eigenvalue weighted by Gasteiger charge is 2.30. The first-order valence-electron chi connectivity index (χ1n) is 9.72. The summed E-state index contributed by atoms with van der Waals surface area (Å²) >= 11 is 0. The lowest BCUT2D eigenvalue weighted by molar-refractivity contribution is 0.578. The molecule has 4 heteroatoms. The van der Waals surface area contributed by atoms with Crippen LogP contribution in [0, 0.1) is 6.92 Å². The summed E-state index contributed by atoms with van der Waals surface area (Å²) in [5.74, 6) is -0.00831. The van der Waals surface area contributed by atoms with Crippen molar-refractivity contribution in [2.45, 2.75) is 17.7 Å². The van der Waals surface area contributed by atoms with Crippen molar-refractivity contribution < 1.29 is 8.42 Å². The smallest absolute Gasteiger partial charge is 0.210 e. The van der Waals surface area contributed by atoms with Crippen molar-refractivity contribution in [1.82, 2.24) is 4.72 Å². The lowest BCUT2D eigenvalue weighted by Crippen LogP contribution is -2.28. The molecule has 0 saturated heterocycles. The molecule has 144 valence electrons. The Morgan fingerprint density at radius 1 is 0.793 bits per heavy atom. The zero-order valence-corrected chi connectivity index (χ0v) is 16.9. The normalized spacial score (nSPS) is 15.3. The second-order valence-electron chi connectivity index (χ2n) is 7.56. The first-order chi connectivity index (χ1) is 14.0. The van der Waals surface area contributed by atoms with Crippen LogP contribution in [-0.4, -0.2) is 15.0 Å². The van der Waals surface area contributed by atoms with Gasteiger partial charge in [-0.05, 0) is 52.1 Å². The van der Waals surface area contributed by atoms with Gasteiger partial charge in [0, 0.05) is 12.5 Å². The van der Waals surface area contributed by atoms with Gasteiger partial charge in [0.1, 0.15) is 0 Å². The maximum atomic E-state index is 12.8. The van der Waals surface area contributed by atoms with Gasteiger partial charge in [-0.1, -0.05) is 78.4 Å². The van der Waals surface area contributed by atoms with Gasteiger partial charge < -0.3 is 0 Å². The van der Waals surface area contributed by atoms with E-state index in [1.165, 1.54) is 33.0 Å². The van der Waals surface area contributed by atoms with Gasteiger partial charge in [-0.2, -0.15) is 0 Å². The van der Waals surface area contributed by atoms with Gasteiger partial charge >= 0.3 is 0 Å². The Bertz CT molecular complexity index is 1320. The van der Waals surface area contributed by atoms with Gasteiger partial charge in [0.15, 0.2) is 0 Å². The van der Waals surface area contributed by atoms with Crippen LogP contribution in [0.15, 0.2) is 89.8 Å². The molecule has 1 N–H and O–H groups in total. The summed E-state index contributed by atoms with van der Waals surface area (Å²) in [6.45, 7) is 2.28. The van der Waals surface area contributed by atoms with Crippen LogP contribution >= 0.6 is 0 Å². The minimum atomic E-state index is -3.56. The molecule has 5 rings (SSSR count). The molecule has 3 nitrogen and oxygen atoms in total. The molecule has 1 aliphatic rings. The fourth-order valence-corrected chi connectivity index (χ4v) is 5.34. The number of aryl methyl sites for hydroxylation is 1. The molecule has 0 saturated carbocycles. The van der Waals surface area contributed by atoms with Crippen LogP contribution in [0.3, 0.4) is 0 Å². The van der Waals surface area contributed by atoms with Crippen LogP contribution in [0.5, 0.6) is 0 Å². The van der Waals surface area contributed by atoms with E-state index in [9.17, 15) is 8.42 Å². The number of sulfonamides is 1. The monoisotopic (exact) mass is 399 g/mol. The van der Waals surface area contributed by atoms with E-state index < -0.39 is 10.0 Å². The molecule has 4 aromatic carbocycles. The summed E-state index contributed by atoms with van der Waals surface area (Å²) in [6.07, 6.45) is 0. The number of rotatable bonds is 4. The van der Waals surface area contributed by atoms with Crippen LogP contribution in [0.25, 0.3) is 21.9 Å².